The lowest BCUT2D eigenvalue weighted by Gasteiger charge is -2.26. The molecule has 1 atom stereocenters. The predicted molar refractivity (Wildman–Crippen MR) is 65.2 cm³/mol. The van der Waals surface area contributed by atoms with E-state index in [0.717, 1.165) is 11.3 Å². The standard InChI is InChI=1S/C12H16N2O3/c1-12(2)9-7-8(14(16)17)3-4-10(9)13-11(12)5-6-15/h3-4,7,11,13,15H,5-6H2,1-2H3. The van der Waals surface area contributed by atoms with Gasteiger partial charge < -0.3 is 10.4 Å². The molecule has 1 aliphatic rings. The van der Waals surface area contributed by atoms with Crippen molar-refractivity contribution in [2.45, 2.75) is 31.7 Å². The number of fused-ring (bicyclic) bond motifs is 1. The Kier molecular flexibility index (Phi) is 2.79. The number of anilines is 1. The first-order valence-electron chi connectivity index (χ1n) is 5.63. The second-order valence-corrected chi connectivity index (χ2v) is 4.92. The molecule has 0 aromatic heterocycles. The quantitative estimate of drug-likeness (QED) is 0.622. The number of hydrogen-bond donors (Lipinski definition) is 2. The van der Waals surface area contributed by atoms with E-state index < -0.39 is 0 Å². The molecule has 92 valence electrons. The Morgan fingerprint density at radius 1 is 1.53 bits per heavy atom. The fourth-order valence-corrected chi connectivity index (χ4v) is 2.42. The zero-order valence-corrected chi connectivity index (χ0v) is 9.93. The highest BCUT2D eigenvalue weighted by Gasteiger charge is 2.39. The predicted octanol–water partition coefficient (Wildman–Crippen LogP) is 2.05. The van der Waals surface area contributed by atoms with Crippen LogP contribution in [-0.4, -0.2) is 22.7 Å². The third kappa shape index (κ3) is 1.86. The Hall–Kier alpha value is -1.62. The molecule has 2 rings (SSSR count). The van der Waals surface area contributed by atoms with Gasteiger partial charge in [0, 0.05) is 35.9 Å². The van der Waals surface area contributed by atoms with Crippen LogP contribution in [0.1, 0.15) is 25.8 Å². The summed E-state index contributed by atoms with van der Waals surface area (Å²) in [6.45, 7) is 4.18. The average molecular weight is 236 g/mol. The first-order valence-corrected chi connectivity index (χ1v) is 5.63. The van der Waals surface area contributed by atoms with Crippen molar-refractivity contribution in [3.8, 4) is 0 Å². The maximum Gasteiger partial charge on any atom is 0.269 e. The van der Waals surface area contributed by atoms with Crippen LogP contribution in [0.2, 0.25) is 0 Å². The van der Waals surface area contributed by atoms with E-state index in [4.69, 9.17) is 5.11 Å². The molecule has 0 amide bonds. The minimum absolute atomic E-state index is 0.108. The number of aliphatic hydroxyl groups excluding tert-OH is 1. The summed E-state index contributed by atoms with van der Waals surface area (Å²) in [5.74, 6) is 0. The normalized spacial score (nSPS) is 20.8. The topological polar surface area (TPSA) is 75.4 Å². The van der Waals surface area contributed by atoms with Crippen LogP contribution >= 0.6 is 0 Å². The van der Waals surface area contributed by atoms with Crippen molar-refractivity contribution >= 4 is 11.4 Å². The highest BCUT2D eigenvalue weighted by Crippen LogP contribution is 2.43. The summed E-state index contributed by atoms with van der Waals surface area (Å²) in [6.07, 6.45) is 0.634. The Morgan fingerprint density at radius 2 is 2.24 bits per heavy atom. The van der Waals surface area contributed by atoms with Gasteiger partial charge in [-0.2, -0.15) is 0 Å². The van der Waals surface area contributed by atoms with Crippen LogP contribution in [0.4, 0.5) is 11.4 Å². The summed E-state index contributed by atoms with van der Waals surface area (Å²) in [4.78, 5) is 10.4. The number of rotatable bonds is 3. The Morgan fingerprint density at radius 3 is 2.82 bits per heavy atom. The zero-order chi connectivity index (χ0) is 12.6. The van der Waals surface area contributed by atoms with Crippen molar-refractivity contribution in [1.82, 2.24) is 0 Å². The van der Waals surface area contributed by atoms with E-state index >= 15 is 0 Å². The molecule has 0 radical (unpaired) electrons. The monoisotopic (exact) mass is 236 g/mol. The molecule has 0 fully saturated rings. The van der Waals surface area contributed by atoms with Crippen molar-refractivity contribution in [2.75, 3.05) is 11.9 Å². The smallest absolute Gasteiger partial charge is 0.269 e. The third-order valence-corrected chi connectivity index (χ3v) is 3.53. The van der Waals surface area contributed by atoms with Crippen molar-refractivity contribution < 1.29 is 10.0 Å². The van der Waals surface area contributed by atoms with Crippen molar-refractivity contribution in [3.05, 3.63) is 33.9 Å². The van der Waals surface area contributed by atoms with E-state index in [1.54, 1.807) is 12.1 Å². The first kappa shape index (κ1) is 11.9. The number of nitro groups is 1. The molecule has 0 saturated heterocycles. The van der Waals surface area contributed by atoms with Crippen LogP contribution in [0.5, 0.6) is 0 Å². The molecule has 0 aliphatic carbocycles. The van der Waals surface area contributed by atoms with Gasteiger partial charge in [-0.15, -0.1) is 0 Å². The molecule has 0 saturated carbocycles. The van der Waals surface area contributed by atoms with Gasteiger partial charge in [-0.25, -0.2) is 0 Å². The molecule has 2 N–H and O–H groups in total. The van der Waals surface area contributed by atoms with E-state index in [0.29, 0.717) is 6.42 Å². The minimum Gasteiger partial charge on any atom is -0.396 e. The molecule has 1 unspecified atom stereocenters. The second-order valence-electron chi connectivity index (χ2n) is 4.92. The molecule has 1 aromatic carbocycles. The SMILES string of the molecule is CC1(C)c2cc([N+](=O)[O-])ccc2NC1CCO. The largest absolute Gasteiger partial charge is 0.396 e. The summed E-state index contributed by atoms with van der Waals surface area (Å²) >= 11 is 0. The van der Waals surface area contributed by atoms with Crippen molar-refractivity contribution in [1.29, 1.82) is 0 Å². The van der Waals surface area contributed by atoms with Gasteiger partial charge in [-0.05, 0) is 18.1 Å². The fourth-order valence-electron chi connectivity index (χ4n) is 2.42. The zero-order valence-electron chi connectivity index (χ0n) is 9.93. The number of nitrogens with zero attached hydrogens (tertiary/aromatic N) is 1. The summed E-state index contributed by atoms with van der Waals surface area (Å²) in [5.41, 5.74) is 1.79. The van der Waals surface area contributed by atoms with Gasteiger partial charge in [0.25, 0.3) is 5.69 Å². The molecule has 17 heavy (non-hydrogen) atoms. The second kappa shape index (κ2) is 4.00. The summed E-state index contributed by atoms with van der Waals surface area (Å²) in [5, 5.41) is 23.1. The summed E-state index contributed by atoms with van der Waals surface area (Å²) in [6, 6.07) is 4.99. The van der Waals surface area contributed by atoms with Crippen LogP contribution in [-0.2, 0) is 5.41 Å². The molecule has 1 aromatic rings. The number of nitro benzene ring substituents is 1. The van der Waals surface area contributed by atoms with Crippen molar-refractivity contribution in [2.24, 2.45) is 0 Å². The van der Waals surface area contributed by atoms with Crippen LogP contribution in [0, 0.1) is 10.1 Å². The van der Waals surface area contributed by atoms with E-state index in [-0.39, 0.29) is 28.7 Å². The van der Waals surface area contributed by atoms with Crippen LogP contribution in [0.3, 0.4) is 0 Å². The number of hydrogen-bond acceptors (Lipinski definition) is 4. The van der Waals surface area contributed by atoms with Gasteiger partial charge in [0.1, 0.15) is 0 Å². The van der Waals surface area contributed by atoms with Gasteiger partial charge in [-0.1, -0.05) is 13.8 Å². The first-order chi connectivity index (χ1) is 7.96. The van der Waals surface area contributed by atoms with Gasteiger partial charge in [0.15, 0.2) is 0 Å². The van der Waals surface area contributed by atoms with Crippen molar-refractivity contribution in [3.63, 3.8) is 0 Å². The molecule has 1 heterocycles. The fraction of sp³-hybridized carbons (Fsp3) is 0.500. The third-order valence-electron chi connectivity index (χ3n) is 3.53. The lowest BCUT2D eigenvalue weighted by molar-refractivity contribution is -0.384. The average Bonchev–Trinajstić information content (AvgIpc) is 2.51. The molecule has 1 aliphatic heterocycles. The number of non-ortho nitro benzene ring substituents is 1. The summed E-state index contributed by atoms with van der Waals surface area (Å²) < 4.78 is 0. The lowest BCUT2D eigenvalue weighted by atomic mass is 9.79. The van der Waals surface area contributed by atoms with Gasteiger partial charge in [0.2, 0.25) is 0 Å². The highest BCUT2D eigenvalue weighted by molar-refractivity contribution is 5.64. The van der Waals surface area contributed by atoms with E-state index in [2.05, 4.69) is 5.32 Å². The van der Waals surface area contributed by atoms with Crippen LogP contribution < -0.4 is 5.32 Å². The minimum atomic E-state index is -0.379. The highest BCUT2D eigenvalue weighted by atomic mass is 16.6. The molecule has 5 nitrogen and oxygen atoms in total. The molecular weight excluding hydrogens is 220 g/mol. The van der Waals surface area contributed by atoms with E-state index in [9.17, 15) is 10.1 Å². The number of aliphatic hydroxyl groups is 1. The summed E-state index contributed by atoms with van der Waals surface area (Å²) in [7, 11) is 0. The Balaban J connectivity index is 2.42. The maximum atomic E-state index is 10.8. The van der Waals surface area contributed by atoms with E-state index in [1.807, 2.05) is 13.8 Å². The molecule has 0 bridgehead atoms. The van der Waals surface area contributed by atoms with E-state index in [1.165, 1.54) is 6.07 Å². The Bertz CT molecular complexity index is 457. The van der Waals surface area contributed by atoms with Gasteiger partial charge in [-0.3, -0.25) is 10.1 Å². The molecule has 5 heteroatoms. The van der Waals surface area contributed by atoms with Gasteiger partial charge in [0.05, 0.1) is 4.92 Å². The van der Waals surface area contributed by atoms with Gasteiger partial charge >= 0.3 is 0 Å². The van der Waals surface area contributed by atoms with Crippen LogP contribution in [0.15, 0.2) is 18.2 Å². The number of nitrogens with one attached hydrogen (secondary N) is 1. The van der Waals surface area contributed by atoms with Crippen LogP contribution in [0.25, 0.3) is 0 Å². The molecular formula is C12H16N2O3. The maximum absolute atomic E-state index is 10.8. The lowest BCUT2D eigenvalue weighted by Crippen LogP contribution is -2.34. The molecule has 0 spiro atoms. The number of benzene rings is 1. The Labute approximate surface area is 99.6 Å².